The molecule has 7 nitrogen and oxygen atoms in total. The topological polar surface area (TPSA) is 83.0 Å². The number of aryl methyl sites for hydroxylation is 1. The molecule has 0 unspecified atom stereocenters. The summed E-state index contributed by atoms with van der Waals surface area (Å²) < 4.78 is 2.28. The highest BCUT2D eigenvalue weighted by Crippen LogP contribution is 2.23. The first kappa shape index (κ1) is 20.9. The molecular weight excluding hydrogens is 406 g/mol. The van der Waals surface area contributed by atoms with E-state index in [0.29, 0.717) is 11.3 Å². The van der Waals surface area contributed by atoms with Crippen molar-refractivity contribution in [1.82, 2.24) is 19.7 Å². The van der Waals surface area contributed by atoms with Gasteiger partial charge in [0.15, 0.2) is 10.6 Å². The lowest BCUT2D eigenvalue weighted by atomic mass is 10.1. The van der Waals surface area contributed by atoms with E-state index < -0.39 is 0 Å². The molecule has 3 aromatic rings. The molecule has 1 aromatic carbocycles. The number of rotatable bonds is 8. The highest BCUT2D eigenvalue weighted by molar-refractivity contribution is 7.71. The zero-order valence-electron chi connectivity index (χ0n) is 16.3. The second-order valence-electron chi connectivity index (χ2n) is 6.54. The maximum atomic E-state index is 12.5. The normalized spacial score (nSPS) is 10.7. The van der Waals surface area contributed by atoms with Gasteiger partial charge in [-0.05, 0) is 41.7 Å². The van der Waals surface area contributed by atoms with E-state index in [9.17, 15) is 9.59 Å². The molecule has 2 aromatic heterocycles. The molecule has 2 amide bonds. The van der Waals surface area contributed by atoms with Crippen molar-refractivity contribution < 1.29 is 9.59 Å². The summed E-state index contributed by atoms with van der Waals surface area (Å²) in [4.78, 5) is 27.3. The summed E-state index contributed by atoms with van der Waals surface area (Å²) >= 11 is 6.85. The Kier molecular flexibility index (Phi) is 6.95. The summed E-state index contributed by atoms with van der Waals surface area (Å²) in [7, 11) is 1.63. The Hall–Kier alpha value is -2.78. The van der Waals surface area contributed by atoms with Crippen molar-refractivity contribution in [1.29, 1.82) is 0 Å². The Labute approximate surface area is 178 Å². The van der Waals surface area contributed by atoms with Gasteiger partial charge in [-0.3, -0.25) is 19.3 Å². The van der Waals surface area contributed by atoms with E-state index in [1.807, 2.05) is 53.3 Å². The number of aromatic amines is 1. The van der Waals surface area contributed by atoms with Gasteiger partial charge < -0.3 is 10.2 Å². The lowest BCUT2D eigenvalue weighted by Crippen LogP contribution is -2.35. The van der Waals surface area contributed by atoms with Crippen molar-refractivity contribution in [2.75, 3.05) is 18.9 Å². The first-order valence-corrected chi connectivity index (χ1v) is 10.6. The number of para-hydroxylation sites is 1. The number of nitrogens with zero attached hydrogens (tertiary/aromatic N) is 3. The van der Waals surface area contributed by atoms with Gasteiger partial charge in [-0.15, -0.1) is 11.3 Å². The molecule has 0 radical (unpaired) electrons. The number of H-pyrrole nitrogens is 1. The smallest absolute Gasteiger partial charge is 0.243 e. The lowest BCUT2D eigenvalue weighted by molar-refractivity contribution is -0.133. The van der Waals surface area contributed by atoms with E-state index in [0.717, 1.165) is 28.4 Å². The van der Waals surface area contributed by atoms with Gasteiger partial charge in [0, 0.05) is 25.7 Å². The van der Waals surface area contributed by atoms with E-state index >= 15 is 0 Å². The van der Waals surface area contributed by atoms with Gasteiger partial charge in [0.25, 0.3) is 0 Å². The Morgan fingerprint density at radius 2 is 2.07 bits per heavy atom. The average molecular weight is 430 g/mol. The second kappa shape index (κ2) is 9.62. The Morgan fingerprint density at radius 3 is 2.79 bits per heavy atom. The highest BCUT2D eigenvalue weighted by Gasteiger charge is 2.16. The van der Waals surface area contributed by atoms with Crippen molar-refractivity contribution in [2.45, 2.75) is 26.3 Å². The number of hydrogen-bond donors (Lipinski definition) is 2. The Morgan fingerprint density at radius 1 is 1.28 bits per heavy atom. The van der Waals surface area contributed by atoms with E-state index in [1.165, 1.54) is 4.90 Å². The van der Waals surface area contributed by atoms with Crippen molar-refractivity contribution >= 4 is 41.1 Å². The first-order chi connectivity index (χ1) is 14.0. The highest BCUT2D eigenvalue weighted by atomic mass is 32.1. The Bertz CT molecular complexity index is 1040. The molecule has 0 bridgehead atoms. The fourth-order valence-corrected chi connectivity index (χ4v) is 3.91. The van der Waals surface area contributed by atoms with Gasteiger partial charge in [-0.25, -0.2) is 0 Å². The maximum absolute atomic E-state index is 12.5. The number of thiophene rings is 1. The summed E-state index contributed by atoms with van der Waals surface area (Å²) in [6, 6.07) is 11.6. The number of carbonyl (C=O) groups excluding carboxylic acids is 2. The van der Waals surface area contributed by atoms with Crippen LogP contribution in [0, 0.1) is 4.77 Å². The SMILES string of the molecule is CCc1ccccc1NC(=O)CN(C)C(=O)CCn1c(-c2cccs2)n[nH]c1=S. The van der Waals surface area contributed by atoms with Gasteiger partial charge >= 0.3 is 0 Å². The zero-order chi connectivity index (χ0) is 20.8. The minimum absolute atomic E-state index is 0.00848. The molecule has 0 saturated carbocycles. The number of amides is 2. The van der Waals surface area contributed by atoms with E-state index in [-0.39, 0.29) is 24.8 Å². The molecule has 152 valence electrons. The van der Waals surface area contributed by atoms with Crippen LogP contribution in [0.4, 0.5) is 5.69 Å². The number of likely N-dealkylation sites (N-methyl/N-ethyl adjacent to an activating group) is 1. The minimum Gasteiger partial charge on any atom is -0.336 e. The van der Waals surface area contributed by atoms with E-state index in [4.69, 9.17) is 12.2 Å². The van der Waals surface area contributed by atoms with Crippen LogP contribution in [0.25, 0.3) is 10.7 Å². The average Bonchev–Trinajstić information content (AvgIpc) is 3.36. The molecule has 3 rings (SSSR count). The first-order valence-electron chi connectivity index (χ1n) is 9.30. The summed E-state index contributed by atoms with van der Waals surface area (Å²) in [5, 5.41) is 11.9. The van der Waals surface area contributed by atoms with Crippen molar-refractivity contribution in [3.05, 3.63) is 52.1 Å². The molecule has 0 fully saturated rings. The summed E-state index contributed by atoms with van der Waals surface area (Å²) in [5.41, 5.74) is 1.84. The van der Waals surface area contributed by atoms with Crippen LogP contribution >= 0.6 is 23.6 Å². The minimum atomic E-state index is -0.221. The quantitative estimate of drug-likeness (QED) is 0.535. The fraction of sp³-hybridized carbons (Fsp3) is 0.300. The third-order valence-electron chi connectivity index (χ3n) is 4.53. The zero-order valence-corrected chi connectivity index (χ0v) is 18.0. The lowest BCUT2D eigenvalue weighted by Gasteiger charge is -2.18. The summed E-state index contributed by atoms with van der Waals surface area (Å²) in [6.07, 6.45) is 1.05. The van der Waals surface area contributed by atoms with Gasteiger partial charge in [-0.1, -0.05) is 31.2 Å². The van der Waals surface area contributed by atoms with Gasteiger partial charge in [0.1, 0.15) is 0 Å². The van der Waals surface area contributed by atoms with Crippen LogP contribution in [0.2, 0.25) is 0 Å². The maximum Gasteiger partial charge on any atom is 0.243 e. The largest absolute Gasteiger partial charge is 0.336 e. The number of nitrogens with one attached hydrogen (secondary N) is 2. The number of anilines is 1. The van der Waals surface area contributed by atoms with Gasteiger partial charge in [0.05, 0.1) is 11.4 Å². The summed E-state index contributed by atoms with van der Waals surface area (Å²) in [6.45, 7) is 2.42. The molecule has 2 heterocycles. The van der Waals surface area contributed by atoms with Gasteiger partial charge in [0.2, 0.25) is 11.8 Å². The molecule has 0 saturated heterocycles. The van der Waals surface area contributed by atoms with Crippen LogP contribution in [-0.2, 0) is 22.6 Å². The molecule has 0 aliphatic heterocycles. The van der Waals surface area contributed by atoms with Gasteiger partial charge in [-0.2, -0.15) is 5.10 Å². The van der Waals surface area contributed by atoms with Crippen molar-refractivity contribution in [3.8, 4) is 10.7 Å². The molecule has 9 heteroatoms. The molecular formula is C20H23N5O2S2. The van der Waals surface area contributed by atoms with Crippen LogP contribution < -0.4 is 5.32 Å². The fourth-order valence-electron chi connectivity index (χ4n) is 2.96. The number of aromatic nitrogens is 3. The number of benzene rings is 1. The molecule has 0 aliphatic carbocycles. The van der Waals surface area contributed by atoms with Crippen LogP contribution in [0.15, 0.2) is 41.8 Å². The number of carbonyl (C=O) groups is 2. The summed E-state index contributed by atoms with van der Waals surface area (Å²) in [5.74, 6) is 0.361. The Balaban J connectivity index is 1.57. The van der Waals surface area contributed by atoms with Crippen molar-refractivity contribution in [3.63, 3.8) is 0 Å². The molecule has 0 spiro atoms. The van der Waals surface area contributed by atoms with Crippen LogP contribution in [0.3, 0.4) is 0 Å². The third kappa shape index (κ3) is 5.18. The third-order valence-corrected chi connectivity index (χ3v) is 5.71. The van der Waals surface area contributed by atoms with E-state index in [2.05, 4.69) is 15.5 Å². The van der Waals surface area contributed by atoms with Crippen LogP contribution in [0.5, 0.6) is 0 Å². The predicted octanol–water partition coefficient (Wildman–Crippen LogP) is 3.72. The standard InChI is InChI=1S/C20H23N5O2S2/c1-3-14-7-4-5-8-15(14)21-17(26)13-24(2)18(27)10-11-25-19(22-23-20(25)28)16-9-6-12-29-16/h4-9,12H,3,10-11,13H2,1-2H3,(H,21,26)(H,23,28). The number of hydrogen-bond acceptors (Lipinski definition) is 5. The predicted molar refractivity (Wildman–Crippen MR) is 117 cm³/mol. The molecule has 0 aliphatic rings. The van der Waals surface area contributed by atoms with Crippen LogP contribution in [0.1, 0.15) is 18.9 Å². The van der Waals surface area contributed by atoms with Crippen molar-refractivity contribution in [2.24, 2.45) is 0 Å². The second-order valence-corrected chi connectivity index (χ2v) is 7.87. The molecule has 0 atom stereocenters. The van der Waals surface area contributed by atoms with Crippen LogP contribution in [-0.4, -0.2) is 45.1 Å². The monoisotopic (exact) mass is 429 g/mol. The molecule has 2 N–H and O–H groups in total. The van der Waals surface area contributed by atoms with E-state index in [1.54, 1.807) is 18.4 Å². The molecule has 29 heavy (non-hydrogen) atoms.